The second-order valence-corrected chi connectivity index (χ2v) is 5.24. The summed E-state index contributed by atoms with van der Waals surface area (Å²) in [6.45, 7) is 4.47. The molecule has 0 spiro atoms. The second-order valence-electron chi connectivity index (χ2n) is 5.24. The first-order valence-corrected chi connectivity index (χ1v) is 7.59. The van der Waals surface area contributed by atoms with Crippen molar-refractivity contribution in [3.63, 3.8) is 0 Å². The molecule has 0 fully saturated rings. The van der Waals surface area contributed by atoms with Crippen LogP contribution in [0.1, 0.15) is 12.5 Å². The van der Waals surface area contributed by atoms with E-state index >= 15 is 0 Å². The number of nitrogens with zero attached hydrogens (tertiary/aromatic N) is 2. The van der Waals surface area contributed by atoms with Gasteiger partial charge >= 0.3 is 0 Å². The van der Waals surface area contributed by atoms with Crippen molar-refractivity contribution in [2.75, 3.05) is 13.2 Å². The van der Waals surface area contributed by atoms with Crippen LogP contribution in [0.4, 0.5) is 0 Å². The van der Waals surface area contributed by atoms with Crippen molar-refractivity contribution >= 4 is 10.9 Å². The minimum atomic E-state index is 0.0399. The van der Waals surface area contributed by atoms with Crippen LogP contribution in [0, 0.1) is 0 Å². The Kier molecular flexibility index (Phi) is 4.39. The third-order valence-electron chi connectivity index (χ3n) is 3.77. The molecule has 114 valence electrons. The second kappa shape index (κ2) is 6.62. The molecule has 2 heterocycles. The lowest BCUT2D eigenvalue weighted by Crippen LogP contribution is -2.23. The lowest BCUT2D eigenvalue weighted by atomic mass is 10.2. The number of aromatic nitrogens is 2. The molecule has 0 aliphatic heterocycles. The number of hydrogen-bond acceptors (Lipinski definition) is 2. The van der Waals surface area contributed by atoms with Crippen LogP contribution in [0.5, 0.6) is 0 Å². The molecule has 0 amide bonds. The van der Waals surface area contributed by atoms with E-state index in [0.29, 0.717) is 26.3 Å². The van der Waals surface area contributed by atoms with Crippen molar-refractivity contribution in [2.24, 2.45) is 0 Å². The quantitative estimate of drug-likeness (QED) is 0.656. The van der Waals surface area contributed by atoms with E-state index in [-0.39, 0.29) is 5.56 Å². The van der Waals surface area contributed by atoms with Crippen LogP contribution in [-0.4, -0.2) is 22.3 Å². The fourth-order valence-electron chi connectivity index (χ4n) is 2.64. The van der Waals surface area contributed by atoms with Crippen LogP contribution in [0.15, 0.2) is 59.7 Å². The number of benzene rings is 1. The van der Waals surface area contributed by atoms with Gasteiger partial charge in [0.25, 0.3) is 5.56 Å². The largest absolute Gasteiger partial charge is 0.380 e. The standard InChI is InChI=1S/C18H20N2O2/c1-2-22-13-12-19-10-8-16-9-11-20(17(16)18(19)21)14-15-6-4-3-5-7-15/h3-11H,2,12-14H2,1H3. The monoisotopic (exact) mass is 296 g/mol. The van der Waals surface area contributed by atoms with Gasteiger partial charge in [0.05, 0.1) is 6.61 Å². The predicted molar refractivity (Wildman–Crippen MR) is 88.2 cm³/mol. The molecule has 0 saturated carbocycles. The minimum absolute atomic E-state index is 0.0399. The summed E-state index contributed by atoms with van der Waals surface area (Å²) in [5.41, 5.74) is 1.98. The van der Waals surface area contributed by atoms with Crippen LogP contribution in [0.2, 0.25) is 0 Å². The Morgan fingerprint density at radius 1 is 1.00 bits per heavy atom. The predicted octanol–water partition coefficient (Wildman–Crippen LogP) is 2.89. The Bertz CT molecular complexity index is 803. The average molecular weight is 296 g/mol. The van der Waals surface area contributed by atoms with Gasteiger partial charge in [0.1, 0.15) is 5.52 Å². The zero-order valence-corrected chi connectivity index (χ0v) is 12.7. The van der Waals surface area contributed by atoms with E-state index in [1.807, 2.05) is 54.2 Å². The molecular formula is C18H20N2O2. The number of rotatable bonds is 6. The van der Waals surface area contributed by atoms with Gasteiger partial charge in [0.15, 0.2) is 0 Å². The number of fused-ring (bicyclic) bond motifs is 1. The van der Waals surface area contributed by atoms with E-state index in [2.05, 4.69) is 12.1 Å². The zero-order chi connectivity index (χ0) is 15.4. The van der Waals surface area contributed by atoms with Crippen LogP contribution >= 0.6 is 0 Å². The van der Waals surface area contributed by atoms with E-state index in [0.717, 1.165) is 10.9 Å². The zero-order valence-electron chi connectivity index (χ0n) is 12.7. The van der Waals surface area contributed by atoms with Crippen molar-refractivity contribution in [1.29, 1.82) is 0 Å². The molecule has 22 heavy (non-hydrogen) atoms. The van der Waals surface area contributed by atoms with Crippen LogP contribution < -0.4 is 5.56 Å². The fraction of sp³-hybridized carbons (Fsp3) is 0.278. The van der Waals surface area contributed by atoms with E-state index in [9.17, 15) is 4.79 Å². The van der Waals surface area contributed by atoms with Crippen LogP contribution in [-0.2, 0) is 17.8 Å². The number of pyridine rings is 1. The highest BCUT2D eigenvalue weighted by molar-refractivity contribution is 5.79. The molecule has 2 aromatic heterocycles. The lowest BCUT2D eigenvalue weighted by molar-refractivity contribution is 0.138. The van der Waals surface area contributed by atoms with Gasteiger partial charge < -0.3 is 13.9 Å². The maximum atomic E-state index is 12.7. The topological polar surface area (TPSA) is 36.2 Å². The summed E-state index contributed by atoms with van der Waals surface area (Å²) in [4.78, 5) is 12.7. The van der Waals surface area contributed by atoms with Crippen molar-refractivity contribution in [3.8, 4) is 0 Å². The molecule has 1 aromatic carbocycles. The van der Waals surface area contributed by atoms with Crippen molar-refractivity contribution in [2.45, 2.75) is 20.0 Å². The number of ether oxygens (including phenoxy) is 1. The van der Waals surface area contributed by atoms with Gasteiger partial charge in [-0.25, -0.2) is 0 Å². The van der Waals surface area contributed by atoms with Gasteiger partial charge in [-0.3, -0.25) is 4.79 Å². The highest BCUT2D eigenvalue weighted by Crippen LogP contribution is 2.13. The van der Waals surface area contributed by atoms with Crippen LogP contribution in [0.3, 0.4) is 0 Å². The van der Waals surface area contributed by atoms with E-state index in [1.54, 1.807) is 4.57 Å². The molecule has 0 saturated heterocycles. The summed E-state index contributed by atoms with van der Waals surface area (Å²) in [5.74, 6) is 0. The van der Waals surface area contributed by atoms with Crippen LogP contribution in [0.25, 0.3) is 10.9 Å². The molecule has 0 bridgehead atoms. The molecular weight excluding hydrogens is 276 g/mol. The number of hydrogen-bond donors (Lipinski definition) is 0. The Morgan fingerprint density at radius 3 is 2.45 bits per heavy atom. The summed E-state index contributed by atoms with van der Waals surface area (Å²) in [6, 6.07) is 14.2. The van der Waals surface area contributed by atoms with Crippen molar-refractivity contribution < 1.29 is 4.74 Å². The van der Waals surface area contributed by atoms with E-state index in [4.69, 9.17) is 4.74 Å². The first-order chi connectivity index (χ1) is 10.8. The highest BCUT2D eigenvalue weighted by atomic mass is 16.5. The van der Waals surface area contributed by atoms with Crippen molar-refractivity contribution in [1.82, 2.24) is 9.13 Å². The molecule has 0 unspecified atom stereocenters. The molecule has 0 aliphatic rings. The fourth-order valence-corrected chi connectivity index (χ4v) is 2.64. The van der Waals surface area contributed by atoms with Crippen molar-refractivity contribution in [3.05, 3.63) is 70.8 Å². The molecule has 0 atom stereocenters. The molecule has 3 aromatic rings. The van der Waals surface area contributed by atoms with Gasteiger partial charge in [-0.05, 0) is 24.6 Å². The minimum Gasteiger partial charge on any atom is -0.380 e. The summed E-state index contributed by atoms with van der Waals surface area (Å²) in [7, 11) is 0. The lowest BCUT2D eigenvalue weighted by Gasteiger charge is -2.09. The van der Waals surface area contributed by atoms with E-state index in [1.165, 1.54) is 5.56 Å². The first kappa shape index (κ1) is 14.6. The Balaban J connectivity index is 1.94. The maximum absolute atomic E-state index is 12.7. The Hall–Kier alpha value is -2.33. The van der Waals surface area contributed by atoms with Gasteiger partial charge in [-0.15, -0.1) is 0 Å². The Morgan fingerprint density at radius 2 is 1.73 bits per heavy atom. The summed E-state index contributed by atoms with van der Waals surface area (Å²) < 4.78 is 9.09. The molecule has 3 rings (SSSR count). The van der Waals surface area contributed by atoms with Gasteiger partial charge in [-0.1, -0.05) is 30.3 Å². The molecule has 0 N–H and O–H groups in total. The summed E-state index contributed by atoms with van der Waals surface area (Å²) >= 11 is 0. The summed E-state index contributed by atoms with van der Waals surface area (Å²) in [6.07, 6.45) is 3.82. The normalized spacial score (nSPS) is 11.1. The Labute approximate surface area is 129 Å². The van der Waals surface area contributed by atoms with Gasteiger partial charge in [-0.2, -0.15) is 0 Å². The molecule has 4 heteroatoms. The molecule has 4 nitrogen and oxygen atoms in total. The smallest absolute Gasteiger partial charge is 0.275 e. The third kappa shape index (κ3) is 2.97. The van der Waals surface area contributed by atoms with Gasteiger partial charge in [0.2, 0.25) is 0 Å². The van der Waals surface area contributed by atoms with Gasteiger partial charge in [0, 0.05) is 37.5 Å². The molecule has 0 aliphatic carbocycles. The molecule has 0 radical (unpaired) electrons. The third-order valence-corrected chi connectivity index (χ3v) is 3.77. The SMILES string of the molecule is CCOCCn1ccc2ccn(Cc3ccccc3)c2c1=O. The highest BCUT2D eigenvalue weighted by Gasteiger charge is 2.08. The van der Waals surface area contributed by atoms with E-state index < -0.39 is 0 Å². The summed E-state index contributed by atoms with van der Waals surface area (Å²) in [5, 5.41) is 0.980. The first-order valence-electron chi connectivity index (χ1n) is 7.59. The average Bonchev–Trinajstić information content (AvgIpc) is 2.94. The maximum Gasteiger partial charge on any atom is 0.275 e.